The largest absolute Gasteiger partial charge is 0.494 e. The zero-order valence-corrected chi connectivity index (χ0v) is 25.3. The highest BCUT2D eigenvalue weighted by molar-refractivity contribution is 6.12. The molecule has 1 aliphatic rings. The Hall–Kier alpha value is -3.22. The van der Waals surface area contributed by atoms with E-state index in [0.717, 1.165) is 17.7 Å². The van der Waals surface area contributed by atoms with Crippen LogP contribution in [-0.2, 0) is 7.05 Å². The first-order valence-corrected chi connectivity index (χ1v) is 15.9. The third kappa shape index (κ3) is 6.82. The Bertz CT molecular complexity index is 1240. The van der Waals surface area contributed by atoms with Gasteiger partial charge in [0.25, 0.3) is 0 Å². The lowest BCUT2D eigenvalue weighted by molar-refractivity contribution is 0.302. The lowest BCUT2D eigenvalue weighted by Gasteiger charge is -2.14. The van der Waals surface area contributed by atoms with E-state index in [-0.39, 0.29) is 23.5 Å². The van der Waals surface area contributed by atoms with Gasteiger partial charge in [0, 0.05) is 7.05 Å². The molecule has 0 saturated heterocycles. The van der Waals surface area contributed by atoms with E-state index in [1.54, 1.807) is 6.07 Å². The summed E-state index contributed by atoms with van der Waals surface area (Å²) >= 11 is 0. The second-order valence-corrected chi connectivity index (χ2v) is 11.8. The Morgan fingerprint density at radius 3 is 1.44 bits per heavy atom. The number of aromatic hydroxyl groups is 4. The third-order valence-electron chi connectivity index (χ3n) is 8.63. The van der Waals surface area contributed by atoms with Crippen molar-refractivity contribution in [3.63, 3.8) is 0 Å². The van der Waals surface area contributed by atoms with E-state index >= 15 is 0 Å². The zero-order chi connectivity index (χ0) is 29.4. The monoisotopic (exact) mass is 566 g/mol. The standard InChI is InChI=1S/C34H50N2O5/c1-4-5-6-7-8-9-10-11-12-13-14-15-16-17-18-19-22-41-26-21-20-25(23-24(26)2)36-33(39)29-27-28(30(29)34(36)40)32(38)35(3)31(27)37/h20-21,23,37-40H,4-19,22H2,1-3H3. The van der Waals surface area contributed by atoms with Gasteiger partial charge in [-0.3, -0.25) is 9.13 Å². The quantitative estimate of drug-likeness (QED) is 0.0848. The van der Waals surface area contributed by atoms with E-state index in [9.17, 15) is 20.4 Å². The minimum atomic E-state index is -0.174. The fourth-order valence-corrected chi connectivity index (χ4v) is 6.10. The van der Waals surface area contributed by atoms with E-state index in [1.807, 2.05) is 19.1 Å². The highest BCUT2D eigenvalue weighted by atomic mass is 16.5. The number of hydrogen-bond acceptors (Lipinski definition) is 5. The molecule has 0 spiro atoms. The molecule has 0 unspecified atom stereocenters. The molecule has 2 aromatic heterocycles. The molecule has 0 saturated carbocycles. The molecule has 0 fully saturated rings. The van der Waals surface area contributed by atoms with Gasteiger partial charge in [0.05, 0.1) is 34.5 Å². The minimum Gasteiger partial charge on any atom is -0.494 e. The van der Waals surface area contributed by atoms with Gasteiger partial charge in [0.2, 0.25) is 23.5 Å². The summed E-state index contributed by atoms with van der Waals surface area (Å²) in [4.78, 5) is 0. The highest BCUT2D eigenvalue weighted by Crippen LogP contribution is 2.65. The first-order chi connectivity index (χ1) is 19.9. The molecule has 3 aromatic rings. The van der Waals surface area contributed by atoms with E-state index in [1.165, 1.54) is 112 Å². The number of rotatable bonds is 19. The Labute approximate surface area is 245 Å². The summed E-state index contributed by atoms with van der Waals surface area (Å²) in [5.41, 5.74) is 2.86. The van der Waals surface area contributed by atoms with Gasteiger partial charge in [-0.1, -0.05) is 103 Å². The van der Waals surface area contributed by atoms with E-state index in [0.29, 0.717) is 34.5 Å². The molecule has 4 N–H and O–H groups in total. The Morgan fingerprint density at radius 2 is 1.00 bits per heavy atom. The number of unbranched alkanes of at least 4 members (excludes halogenated alkanes) is 15. The normalized spacial score (nSPS) is 11.9. The molecule has 0 radical (unpaired) electrons. The number of hydrogen-bond donors (Lipinski definition) is 4. The third-order valence-corrected chi connectivity index (χ3v) is 8.63. The van der Waals surface area contributed by atoms with Crippen LogP contribution in [0.5, 0.6) is 29.3 Å². The van der Waals surface area contributed by atoms with Gasteiger partial charge >= 0.3 is 0 Å². The van der Waals surface area contributed by atoms with E-state index in [4.69, 9.17) is 4.74 Å². The van der Waals surface area contributed by atoms with Gasteiger partial charge < -0.3 is 25.2 Å². The average molecular weight is 567 g/mol. The van der Waals surface area contributed by atoms with Crippen LogP contribution >= 0.6 is 0 Å². The number of aryl methyl sites for hydroxylation is 1. The summed E-state index contributed by atoms with van der Waals surface area (Å²) in [5, 5.41) is 42.4. The molecule has 7 nitrogen and oxygen atoms in total. The number of nitrogens with zero attached hydrogens (tertiary/aromatic N) is 2. The second-order valence-electron chi connectivity index (χ2n) is 11.8. The number of fused-ring (bicyclic) bond motifs is 4. The van der Waals surface area contributed by atoms with Crippen LogP contribution in [0.25, 0.3) is 27.9 Å². The lowest BCUT2D eigenvalue weighted by Crippen LogP contribution is -2.00. The zero-order valence-electron chi connectivity index (χ0n) is 25.3. The minimum absolute atomic E-state index is 0.147. The molecule has 1 aromatic carbocycles. The SMILES string of the molecule is CCCCCCCCCCCCCCCCCCOc1ccc(-n2c(O)c3c(c2O)-c2c-3c(O)n(C)c2O)cc1C. The van der Waals surface area contributed by atoms with Crippen LogP contribution in [0.1, 0.15) is 115 Å². The maximum atomic E-state index is 10.9. The van der Waals surface area contributed by atoms with Crippen LogP contribution in [-0.4, -0.2) is 36.2 Å². The average Bonchev–Trinajstić information content (AvgIpc) is 3.25. The molecule has 0 aliphatic heterocycles. The maximum absolute atomic E-state index is 10.9. The van der Waals surface area contributed by atoms with Crippen LogP contribution in [0, 0.1) is 6.92 Å². The molecular weight excluding hydrogens is 516 g/mol. The van der Waals surface area contributed by atoms with E-state index < -0.39 is 0 Å². The van der Waals surface area contributed by atoms with Crippen LogP contribution in [0.4, 0.5) is 0 Å². The molecule has 2 heterocycles. The molecular formula is C34H50N2O5. The van der Waals surface area contributed by atoms with Crippen molar-refractivity contribution in [2.75, 3.05) is 6.61 Å². The maximum Gasteiger partial charge on any atom is 0.207 e. The topological polar surface area (TPSA) is 100 Å². The van der Waals surface area contributed by atoms with Gasteiger partial charge in [-0.15, -0.1) is 0 Å². The molecule has 0 atom stereocenters. The van der Waals surface area contributed by atoms with Crippen molar-refractivity contribution in [3.8, 4) is 57.2 Å². The smallest absolute Gasteiger partial charge is 0.207 e. The van der Waals surface area contributed by atoms with Gasteiger partial charge in [-0.2, -0.15) is 0 Å². The Morgan fingerprint density at radius 1 is 0.585 bits per heavy atom. The Balaban J connectivity index is 1.11. The van der Waals surface area contributed by atoms with Crippen molar-refractivity contribution in [3.05, 3.63) is 23.8 Å². The summed E-state index contributed by atoms with van der Waals surface area (Å²) in [7, 11) is 1.52. The summed E-state index contributed by atoms with van der Waals surface area (Å²) in [5.74, 6) is 0.146. The predicted molar refractivity (Wildman–Crippen MR) is 166 cm³/mol. The molecule has 0 amide bonds. The van der Waals surface area contributed by atoms with Crippen LogP contribution < -0.4 is 4.74 Å². The molecule has 4 rings (SSSR count). The van der Waals surface area contributed by atoms with Crippen LogP contribution in [0.2, 0.25) is 0 Å². The fourth-order valence-electron chi connectivity index (χ4n) is 6.10. The summed E-state index contributed by atoms with van der Waals surface area (Å²) < 4.78 is 8.58. The first kappa shape index (κ1) is 30.7. The van der Waals surface area contributed by atoms with Gasteiger partial charge in [-0.05, 0) is 37.1 Å². The van der Waals surface area contributed by atoms with Crippen molar-refractivity contribution in [2.45, 2.75) is 117 Å². The van der Waals surface area contributed by atoms with Crippen molar-refractivity contribution >= 4 is 0 Å². The van der Waals surface area contributed by atoms with Crippen LogP contribution in [0.3, 0.4) is 0 Å². The van der Waals surface area contributed by atoms with E-state index in [2.05, 4.69) is 6.92 Å². The van der Waals surface area contributed by atoms with Gasteiger partial charge in [-0.25, -0.2) is 0 Å². The number of ether oxygens (including phenoxy) is 1. The predicted octanol–water partition coefficient (Wildman–Crippen LogP) is 9.23. The number of aromatic nitrogens is 2. The van der Waals surface area contributed by atoms with Crippen molar-refractivity contribution in [2.24, 2.45) is 7.05 Å². The van der Waals surface area contributed by atoms with Crippen molar-refractivity contribution < 1.29 is 25.2 Å². The number of benzene rings is 1. The highest BCUT2D eigenvalue weighted by Gasteiger charge is 2.42. The summed E-state index contributed by atoms with van der Waals surface area (Å²) in [6.07, 6.45) is 21.5. The van der Waals surface area contributed by atoms with Crippen molar-refractivity contribution in [1.29, 1.82) is 0 Å². The molecule has 0 bridgehead atoms. The van der Waals surface area contributed by atoms with Gasteiger partial charge in [0.1, 0.15) is 5.75 Å². The first-order valence-electron chi connectivity index (χ1n) is 15.9. The second kappa shape index (κ2) is 14.6. The molecule has 41 heavy (non-hydrogen) atoms. The molecule has 7 heteroatoms. The van der Waals surface area contributed by atoms with Crippen molar-refractivity contribution in [1.82, 2.24) is 9.13 Å². The fraction of sp³-hybridized carbons (Fsp3) is 0.588. The summed E-state index contributed by atoms with van der Waals surface area (Å²) in [6, 6.07) is 5.50. The Kier molecular flexibility index (Phi) is 10.9. The summed E-state index contributed by atoms with van der Waals surface area (Å²) in [6.45, 7) is 4.89. The molecule has 1 aliphatic carbocycles. The van der Waals surface area contributed by atoms with Gasteiger partial charge in [0.15, 0.2) is 0 Å². The lowest BCUT2D eigenvalue weighted by atomic mass is 9.86. The van der Waals surface area contributed by atoms with Crippen LogP contribution in [0.15, 0.2) is 18.2 Å². The molecule has 226 valence electrons.